The van der Waals surface area contributed by atoms with Crippen LogP contribution in [0, 0.1) is 0 Å². The van der Waals surface area contributed by atoms with Gasteiger partial charge in [-0.1, -0.05) is 13.0 Å². The van der Waals surface area contributed by atoms with Crippen molar-refractivity contribution < 1.29 is 9.53 Å². The van der Waals surface area contributed by atoms with E-state index in [9.17, 15) is 4.79 Å². The van der Waals surface area contributed by atoms with Crippen LogP contribution in [0.15, 0.2) is 18.2 Å². The maximum atomic E-state index is 12.3. The summed E-state index contributed by atoms with van der Waals surface area (Å²) < 4.78 is 5.96. The second-order valence-electron chi connectivity index (χ2n) is 6.14. The van der Waals surface area contributed by atoms with Crippen molar-refractivity contribution in [3.05, 3.63) is 29.3 Å². The molecule has 0 saturated heterocycles. The molecule has 1 unspecified atom stereocenters. The maximum absolute atomic E-state index is 12.3. The Morgan fingerprint density at radius 3 is 2.82 bits per heavy atom. The highest BCUT2D eigenvalue weighted by Crippen LogP contribution is 2.30. The number of fused-ring (bicyclic) bond motifs is 1. The van der Waals surface area contributed by atoms with E-state index in [2.05, 4.69) is 31.0 Å². The van der Waals surface area contributed by atoms with Crippen LogP contribution in [-0.2, 0) is 6.42 Å². The number of nitrogens with one attached hydrogen (secondary N) is 1. The Hall–Kier alpha value is -1.55. The number of hydrogen-bond acceptors (Lipinski definition) is 3. The molecule has 1 atom stereocenters. The molecule has 1 aliphatic rings. The highest BCUT2D eigenvalue weighted by molar-refractivity contribution is 5.96. The Labute approximate surface area is 133 Å². The van der Waals surface area contributed by atoms with Gasteiger partial charge in [0.25, 0.3) is 5.91 Å². The average Bonchev–Trinajstić information content (AvgIpc) is 2.51. The first kappa shape index (κ1) is 16.8. The molecule has 1 N–H and O–H groups in total. The third-order valence-corrected chi connectivity index (χ3v) is 4.20. The summed E-state index contributed by atoms with van der Waals surface area (Å²) in [6.45, 7) is 11.0. The molecule has 0 fully saturated rings. The van der Waals surface area contributed by atoms with Crippen molar-refractivity contribution in [1.82, 2.24) is 10.2 Å². The van der Waals surface area contributed by atoms with Crippen LogP contribution in [0.5, 0.6) is 5.75 Å². The molecule has 0 bridgehead atoms. The molecule has 2 rings (SSSR count). The molecule has 1 aromatic carbocycles. The van der Waals surface area contributed by atoms with Gasteiger partial charge in [0.2, 0.25) is 0 Å². The Morgan fingerprint density at radius 1 is 1.41 bits per heavy atom. The fourth-order valence-electron chi connectivity index (χ4n) is 3.19. The number of carbonyl (C=O) groups is 1. The molecular weight excluding hydrogens is 276 g/mol. The third-order valence-electron chi connectivity index (χ3n) is 4.20. The van der Waals surface area contributed by atoms with Crippen LogP contribution in [-0.4, -0.2) is 42.6 Å². The number of ether oxygens (including phenoxy) is 1. The van der Waals surface area contributed by atoms with Crippen LogP contribution in [0.3, 0.4) is 0 Å². The van der Waals surface area contributed by atoms with Gasteiger partial charge in [0.05, 0.1) is 0 Å². The standard InChI is InChI=1S/C18H28N2O2/c1-5-10-20(13(3)4)14-11-16-15(18(21)19-6-2)8-7-9-17(16)22-12-14/h7-9,13-14H,5-6,10-12H2,1-4H3,(H,19,21). The second-order valence-corrected chi connectivity index (χ2v) is 6.14. The van der Waals surface area contributed by atoms with Gasteiger partial charge >= 0.3 is 0 Å². The summed E-state index contributed by atoms with van der Waals surface area (Å²) in [5.41, 5.74) is 1.80. The van der Waals surface area contributed by atoms with Gasteiger partial charge in [0.15, 0.2) is 0 Å². The first-order valence-electron chi connectivity index (χ1n) is 8.37. The summed E-state index contributed by atoms with van der Waals surface area (Å²) in [6, 6.07) is 6.58. The van der Waals surface area contributed by atoms with Crippen molar-refractivity contribution in [2.45, 2.75) is 52.6 Å². The van der Waals surface area contributed by atoms with Crippen molar-refractivity contribution >= 4 is 5.91 Å². The molecule has 4 heteroatoms. The fourth-order valence-corrected chi connectivity index (χ4v) is 3.19. The zero-order valence-electron chi connectivity index (χ0n) is 14.2. The molecular formula is C18H28N2O2. The van der Waals surface area contributed by atoms with Crippen LogP contribution >= 0.6 is 0 Å². The lowest BCUT2D eigenvalue weighted by atomic mass is 9.95. The molecule has 0 aliphatic carbocycles. The summed E-state index contributed by atoms with van der Waals surface area (Å²) >= 11 is 0. The number of nitrogens with zero attached hydrogens (tertiary/aromatic N) is 1. The van der Waals surface area contributed by atoms with Gasteiger partial charge in [-0.05, 0) is 52.3 Å². The van der Waals surface area contributed by atoms with Gasteiger partial charge in [0.1, 0.15) is 12.4 Å². The number of rotatable bonds is 6. The summed E-state index contributed by atoms with van der Waals surface area (Å²) in [7, 11) is 0. The van der Waals surface area contributed by atoms with E-state index in [1.165, 1.54) is 0 Å². The summed E-state index contributed by atoms with van der Waals surface area (Å²) in [5.74, 6) is 0.857. The molecule has 1 heterocycles. The molecule has 1 aromatic rings. The predicted molar refractivity (Wildman–Crippen MR) is 89.6 cm³/mol. The first-order valence-corrected chi connectivity index (χ1v) is 8.37. The highest BCUT2D eigenvalue weighted by atomic mass is 16.5. The lowest BCUT2D eigenvalue weighted by Crippen LogP contribution is -2.47. The topological polar surface area (TPSA) is 41.6 Å². The molecule has 1 aliphatic heterocycles. The minimum absolute atomic E-state index is 0.00446. The van der Waals surface area contributed by atoms with Gasteiger partial charge in [-0.2, -0.15) is 0 Å². The van der Waals surface area contributed by atoms with E-state index in [0.29, 0.717) is 25.2 Å². The van der Waals surface area contributed by atoms with Crippen molar-refractivity contribution in [1.29, 1.82) is 0 Å². The molecule has 0 saturated carbocycles. The third kappa shape index (κ3) is 3.61. The molecule has 1 amide bonds. The Balaban J connectivity index is 2.26. The van der Waals surface area contributed by atoms with E-state index in [-0.39, 0.29) is 5.91 Å². The Morgan fingerprint density at radius 2 is 2.18 bits per heavy atom. The van der Waals surface area contributed by atoms with Gasteiger partial charge < -0.3 is 10.1 Å². The SMILES string of the molecule is CCCN(C(C)C)C1COc2cccc(C(=O)NCC)c2C1. The monoisotopic (exact) mass is 304 g/mol. The van der Waals surface area contributed by atoms with Crippen LogP contribution in [0.2, 0.25) is 0 Å². The lowest BCUT2D eigenvalue weighted by Gasteiger charge is -2.38. The van der Waals surface area contributed by atoms with Gasteiger partial charge in [-0.15, -0.1) is 0 Å². The van der Waals surface area contributed by atoms with Crippen molar-refractivity contribution in [2.24, 2.45) is 0 Å². The van der Waals surface area contributed by atoms with Crippen LogP contribution in [0.4, 0.5) is 0 Å². The quantitative estimate of drug-likeness (QED) is 0.878. The Bertz CT molecular complexity index is 514. The molecule has 4 nitrogen and oxygen atoms in total. The zero-order chi connectivity index (χ0) is 16.1. The van der Waals surface area contributed by atoms with Crippen LogP contribution in [0.25, 0.3) is 0 Å². The smallest absolute Gasteiger partial charge is 0.251 e. The van der Waals surface area contributed by atoms with E-state index in [1.54, 1.807) is 0 Å². The maximum Gasteiger partial charge on any atom is 0.251 e. The van der Waals surface area contributed by atoms with Gasteiger partial charge in [0, 0.05) is 29.8 Å². The van der Waals surface area contributed by atoms with E-state index in [1.807, 2.05) is 25.1 Å². The van der Waals surface area contributed by atoms with E-state index in [0.717, 1.165) is 36.3 Å². The van der Waals surface area contributed by atoms with Gasteiger partial charge in [-0.25, -0.2) is 0 Å². The van der Waals surface area contributed by atoms with E-state index in [4.69, 9.17) is 4.74 Å². The largest absolute Gasteiger partial charge is 0.492 e. The summed E-state index contributed by atoms with van der Waals surface area (Å²) in [5, 5.41) is 2.90. The Kier molecular flexibility index (Phi) is 5.83. The van der Waals surface area contributed by atoms with Crippen molar-refractivity contribution in [3.63, 3.8) is 0 Å². The lowest BCUT2D eigenvalue weighted by molar-refractivity contribution is 0.0892. The fraction of sp³-hybridized carbons (Fsp3) is 0.611. The van der Waals surface area contributed by atoms with E-state index >= 15 is 0 Å². The summed E-state index contributed by atoms with van der Waals surface area (Å²) in [4.78, 5) is 14.8. The van der Waals surface area contributed by atoms with Crippen LogP contribution in [0.1, 0.15) is 50.0 Å². The first-order chi connectivity index (χ1) is 10.6. The molecule has 22 heavy (non-hydrogen) atoms. The number of carbonyl (C=O) groups excluding carboxylic acids is 1. The predicted octanol–water partition coefficient (Wildman–Crippen LogP) is 2.86. The molecule has 122 valence electrons. The second kappa shape index (κ2) is 7.63. The minimum Gasteiger partial charge on any atom is -0.492 e. The van der Waals surface area contributed by atoms with Gasteiger partial charge in [-0.3, -0.25) is 9.69 Å². The normalized spacial score (nSPS) is 17.3. The average molecular weight is 304 g/mol. The van der Waals surface area contributed by atoms with E-state index < -0.39 is 0 Å². The van der Waals surface area contributed by atoms with Crippen molar-refractivity contribution in [2.75, 3.05) is 19.7 Å². The summed E-state index contributed by atoms with van der Waals surface area (Å²) in [6.07, 6.45) is 2.00. The molecule has 0 aromatic heterocycles. The number of benzene rings is 1. The van der Waals surface area contributed by atoms with Crippen LogP contribution < -0.4 is 10.1 Å². The highest BCUT2D eigenvalue weighted by Gasteiger charge is 2.29. The number of hydrogen-bond donors (Lipinski definition) is 1. The molecule has 0 radical (unpaired) electrons. The zero-order valence-corrected chi connectivity index (χ0v) is 14.2. The van der Waals surface area contributed by atoms with Crippen molar-refractivity contribution in [3.8, 4) is 5.75 Å². The number of amides is 1. The molecule has 0 spiro atoms. The minimum atomic E-state index is -0.00446.